The minimum Gasteiger partial charge on any atom is -0.480 e. The van der Waals surface area contributed by atoms with Crippen LogP contribution in [-0.4, -0.2) is 58.8 Å². The Morgan fingerprint density at radius 1 is 1.21 bits per heavy atom. The number of hydrogen-bond acceptors (Lipinski definition) is 4. The number of aliphatic hydroxyl groups excluding tert-OH is 1. The van der Waals surface area contributed by atoms with Crippen LogP contribution in [0.25, 0.3) is 0 Å². The Labute approximate surface area is 167 Å². The van der Waals surface area contributed by atoms with Gasteiger partial charge >= 0.3 is 12.0 Å². The Hall–Kier alpha value is -2.12. The smallest absolute Gasteiger partial charge is 0.317 e. The van der Waals surface area contributed by atoms with Gasteiger partial charge < -0.3 is 20.8 Å². The van der Waals surface area contributed by atoms with Crippen molar-refractivity contribution in [3.8, 4) is 0 Å². The Morgan fingerprint density at radius 3 is 2.32 bits per heavy atom. The summed E-state index contributed by atoms with van der Waals surface area (Å²) in [6.07, 6.45) is 0.719. The van der Waals surface area contributed by atoms with E-state index >= 15 is 0 Å². The van der Waals surface area contributed by atoms with E-state index in [1.165, 1.54) is 5.56 Å². The first-order valence-electron chi connectivity index (χ1n) is 9.88. The van der Waals surface area contributed by atoms with E-state index in [0.717, 1.165) is 18.4 Å². The van der Waals surface area contributed by atoms with E-state index in [1.807, 2.05) is 36.1 Å². The number of nitrogens with one attached hydrogen (secondary N) is 2. The third kappa shape index (κ3) is 6.21. The number of carboxylic acid groups (broad SMARTS) is 1. The molecule has 1 fully saturated rings. The van der Waals surface area contributed by atoms with E-state index in [4.69, 9.17) is 5.11 Å². The first-order chi connectivity index (χ1) is 13.1. The number of rotatable bonds is 8. The number of aliphatic carboxylic acids is 1. The molecule has 1 atom stereocenters. The van der Waals surface area contributed by atoms with E-state index in [0.29, 0.717) is 6.54 Å². The molecule has 2 rings (SSSR count). The van der Waals surface area contributed by atoms with Gasteiger partial charge in [0.1, 0.15) is 0 Å². The predicted octanol–water partition coefficient (Wildman–Crippen LogP) is 2.25. The third-order valence-electron chi connectivity index (χ3n) is 5.33. The zero-order chi connectivity index (χ0) is 20.9. The lowest BCUT2D eigenvalue weighted by Gasteiger charge is -2.42. The van der Waals surface area contributed by atoms with E-state index < -0.39 is 12.1 Å². The van der Waals surface area contributed by atoms with Crippen molar-refractivity contribution in [1.82, 2.24) is 15.5 Å². The average molecular weight is 392 g/mol. The molecule has 1 saturated carbocycles. The summed E-state index contributed by atoms with van der Waals surface area (Å²) in [6.45, 7) is 9.18. The van der Waals surface area contributed by atoms with Crippen molar-refractivity contribution in [2.24, 2.45) is 0 Å². The van der Waals surface area contributed by atoms with Crippen LogP contribution in [0.3, 0.4) is 0 Å². The van der Waals surface area contributed by atoms with Gasteiger partial charge in [0.15, 0.2) is 0 Å². The highest BCUT2D eigenvalue weighted by atomic mass is 16.4. The number of carbonyl (C=O) groups excluding carboxylic acids is 1. The largest absolute Gasteiger partial charge is 0.480 e. The number of benzene rings is 1. The summed E-state index contributed by atoms with van der Waals surface area (Å²) in [5, 5.41) is 24.8. The van der Waals surface area contributed by atoms with Crippen LogP contribution in [-0.2, 0) is 10.2 Å². The lowest BCUT2D eigenvalue weighted by molar-refractivity contribution is -0.139. The number of carbonyl (C=O) groups is 2. The number of urea groups is 1. The molecule has 7 heteroatoms. The highest BCUT2D eigenvalue weighted by Gasteiger charge is 2.34. The van der Waals surface area contributed by atoms with Gasteiger partial charge in [-0.3, -0.25) is 9.69 Å². The maximum absolute atomic E-state index is 12.1. The summed E-state index contributed by atoms with van der Waals surface area (Å²) in [7, 11) is 0. The molecule has 28 heavy (non-hydrogen) atoms. The number of amides is 2. The van der Waals surface area contributed by atoms with E-state index in [9.17, 15) is 14.7 Å². The fraction of sp³-hybridized carbons (Fsp3) is 0.619. The minimum absolute atomic E-state index is 0.0281. The molecule has 4 N–H and O–H groups in total. The maximum atomic E-state index is 12.1. The molecule has 1 aromatic carbocycles. The highest BCUT2D eigenvalue weighted by Crippen LogP contribution is 2.26. The molecule has 0 saturated heterocycles. The molecular formula is C21H33N3O4. The molecule has 0 bridgehead atoms. The topological polar surface area (TPSA) is 102 Å². The standard InChI is InChI=1S/C21H33N3O4/c1-5-24(13-19(26)27)17-10-16(11-17)23-20(28)22-12-18(25)14-6-8-15(9-7-14)21(2,3)4/h6-9,16-18,25H,5,10-13H2,1-4H3,(H,26,27)(H2,22,23,28). The van der Waals surface area contributed by atoms with Gasteiger partial charge in [0.05, 0.1) is 12.6 Å². The van der Waals surface area contributed by atoms with Crippen molar-refractivity contribution in [3.05, 3.63) is 35.4 Å². The van der Waals surface area contributed by atoms with Crippen molar-refractivity contribution in [2.45, 2.75) is 64.1 Å². The molecule has 0 radical (unpaired) electrons. The molecule has 0 spiro atoms. The number of hydrogen-bond donors (Lipinski definition) is 4. The zero-order valence-corrected chi connectivity index (χ0v) is 17.2. The first kappa shape index (κ1) is 22.2. The third-order valence-corrected chi connectivity index (χ3v) is 5.33. The fourth-order valence-corrected chi connectivity index (χ4v) is 3.43. The first-order valence-corrected chi connectivity index (χ1v) is 9.88. The molecule has 2 amide bonds. The zero-order valence-electron chi connectivity index (χ0n) is 17.2. The molecule has 7 nitrogen and oxygen atoms in total. The van der Waals surface area contributed by atoms with E-state index in [-0.39, 0.29) is 36.6 Å². The summed E-state index contributed by atoms with van der Waals surface area (Å²) in [5.41, 5.74) is 2.02. The van der Waals surface area contributed by atoms with Crippen LogP contribution in [0.4, 0.5) is 4.79 Å². The highest BCUT2D eigenvalue weighted by molar-refractivity contribution is 5.74. The van der Waals surface area contributed by atoms with Gasteiger partial charge in [-0.15, -0.1) is 0 Å². The number of carboxylic acids is 1. The van der Waals surface area contributed by atoms with Crippen LogP contribution in [0.1, 0.15) is 57.8 Å². The van der Waals surface area contributed by atoms with Crippen molar-refractivity contribution in [2.75, 3.05) is 19.6 Å². The second kappa shape index (κ2) is 9.39. The summed E-state index contributed by atoms with van der Waals surface area (Å²) >= 11 is 0. The van der Waals surface area contributed by atoms with Gasteiger partial charge in [-0.25, -0.2) is 4.79 Å². The second-order valence-electron chi connectivity index (χ2n) is 8.52. The quantitative estimate of drug-likeness (QED) is 0.544. The number of aliphatic hydroxyl groups is 1. The Kier molecular flexibility index (Phi) is 7.43. The second-order valence-corrected chi connectivity index (χ2v) is 8.52. The maximum Gasteiger partial charge on any atom is 0.317 e. The van der Waals surface area contributed by atoms with Crippen molar-refractivity contribution in [1.29, 1.82) is 0 Å². The van der Waals surface area contributed by atoms with Gasteiger partial charge in [0.25, 0.3) is 0 Å². The van der Waals surface area contributed by atoms with Crippen LogP contribution in [0.15, 0.2) is 24.3 Å². The minimum atomic E-state index is -0.833. The Morgan fingerprint density at radius 2 is 1.82 bits per heavy atom. The monoisotopic (exact) mass is 391 g/mol. The molecule has 0 aliphatic heterocycles. The molecule has 0 heterocycles. The van der Waals surface area contributed by atoms with Gasteiger partial charge in [-0.05, 0) is 35.9 Å². The SMILES string of the molecule is CCN(CC(=O)O)C1CC(NC(=O)NCC(O)c2ccc(C(C)(C)C)cc2)C1. The summed E-state index contributed by atoms with van der Waals surface area (Å²) in [6, 6.07) is 7.71. The van der Waals surface area contributed by atoms with Crippen molar-refractivity contribution in [3.63, 3.8) is 0 Å². The van der Waals surface area contributed by atoms with Crippen LogP contribution < -0.4 is 10.6 Å². The van der Waals surface area contributed by atoms with Crippen LogP contribution in [0.5, 0.6) is 0 Å². The van der Waals surface area contributed by atoms with Gasteiger partial charge in [-0.1, -0.05) is 52.0 Å². The van der Waals surface area contributed by atoms with Crippen molar-refractivity contribution < 1.29 is 19.8 Å². The molecule has 1 unspecified atom stereocenters. The molecule has 1 aliphatic carbocycles. The Bertz CT molecular complexity index is 663. The Balaban J connectivity index is 1.72. The lowest BCUT2D eigenvalue weighted by Crippen LogP contribution is -2.56. The van der Waals surface area contributed by atoms with Gasteiger partial charge in [0, 0.05) is 18.6 Å². The molecule has 156 valence electrons. The van der Waals surface area contributed by atoms with Crippen LogP contribution in [0.2, 0.25) is 0 Å². The van der Waals surface area contributed by atoms with E-state index in [2.05, 4.69) is 31.4 Å². The summed E-state index contributed by atoms with van der Waals surface area (Å²) in [4.78, 5) is 24.8. The average Bonchev–Trinajstić information content (AvgIpc) is 2.59. The molecule has 1 aromatic rings. The molecule has 1 aliphatic rings. The van der Waals surface area contributed by atoms with Gasteiger partial charge in [0.2, 0.25) is 0 Å². The van der Waals surface area contributed by atoms with Crippen LogP contribution in [0, 0.1) is 0 Å². The summed E-state index contributed by atoms with van der Waals surface area (Å²) in [5.74, 6) is -0.833. The van der Waals surface area contributed by atoms with Crippen molar-refractivity contribution >= 4 is 12.0 Å². The lowest BCUT2D eigenvalue weighted by atomic mass is 9.85. The molecule has 0 aromatic heterocycles. The van der Waals surface area contributed by atoms with Gasteiger partial charge in [-0.2, -0.15) is 0 Å². The fourth-order valence-electron chi connectivity index (χ4n) is 3.43. The van der Waals surface area contributed by atoms with Crippen LogP contribution >= 0.6 is 0 Å². The summed E-state index contributed by atoms with van der Waals surface area (Å²) < 4.78 is 0. The predicted molar refractivity (Wildman–Crippen MR) is 108 cm³/mol. The number of likely N-dealkylation sites (N-methyl/N-ethyl adjacent to an activating group) is 1. The van der Waals surface area contributed by atoms with E-state index in [1.54, 1.807) is 0 Å². The number of nitrogens with zero attached hydrogens (tertiary/aromatic N) is 1. The normalized spacial score (nSPS) is 20.4. The molecular weight excluding hydrogens is 358 g/mol.